The number of rotatable bonds is 6. The molecule has 0 unspecified atom stereocenters. The predicted octanol–water partition coefficient (Wildman–Crippen LogP) is 1.37. The van der Waals surface area contributed by atoms with Crippen LogP contribution in [0.15, 0.2) is 24.3 Å². The van der Waals surface area contributed by atoms with Crippen LogP contribution in [-0.4, -0.2) is 31.4 Å². The number of nitrogens with one attached hydrogen (secondary N) is 3. The van der Waals surface area contributed by atoms with Crippen LogP contribution in [0.25, 0.3) is 0 Å². The first-order chi connectivity index (χ1) is 9.04. The van der Waals surface area contributed by atoms with Crippen LogP contribution in [-0.2, 0) is 4.79 Å². The summed E-state index contributed by atoms with van der Waals surface area (Å²) in [5.41, 5.74) is 1.02. The number of carbonyl (C=O) groups is 2. The van der Waals surface area contributed by atoms with Crippen molar-refractivity contribution >= 4 is 17.5 Å². The van der Waals surface area contributed by atoms with Crippen molar-refractivity contribution in [2.45, 2.75) is 26.3 Å². The lowest BCUT2D eigenvalue weighted by atomic mass is 10.1. The number of amides is 2. The molecule has 2 amide bonds. The Morgan fingerprint density at radius 2 is 1.89 bits per heavy atom. The highest BCUT2D eigenvalue weighted by Gasteiger charge is 2.13. The zero-order chi connectivity index (χ0) is 14.3. The number of benzene rings is 1. The standard InChI is InChI=1S/C14H21N3O2/c1-10(2)16-14(19)11-6-4-5-7-12(11)17-13(18)8-9-15-3/h4-7,10,15H,8-9H2,1-3H3,(H,16,19)(H,17,18). The molecular weight excluding hydrogens is 242 g/mol. The van der Waals surface area contributed by atoms with E-state index in [9.17, 15) is 9.59 Å². The molecular formula is C14H21N3O2. The quantitative estimate of drug-likeness (QED) is 0.726. The molecule has 3 N–H and O–H groups in total. The minimum absolute atomic E-state index is 0.0561. The summed E-state index contributed by atoms with van der Waals surface area (Å²) in [5, 5.41) is 8.48. The Morgan fingerprint density at radius 3 is 2.53 bits per heavy atom. The Morgan fingerprint density at radius 1 is 1.21 bits per heavy atom. The van der Waals surface area contributed by atoms with Crippen LogP contribution in [0.2, 0.25) is 0 Å². The molecule has 19 heavy (non-hydrogen) atoms. The van der Waals surface area contributed by atoms with Gasteiger partial charge < -0.3 is 16.0 Å². The van der Waals surface area contributed by atoms with Gasteiger partial charge in [-0.2, -0.15) is 0 Å². The molecule has 0 bridgehead atoms. The Labute approximate surface area is 113 Å². The van der Waals surface area contributed by atoms with Crippen molar-refractivity contribution in [3.05, 3.63) is 29.8 Å². The van der Waals surface area contributed by atoms with Gasteiger partial charge in [0.25, 0.3) is 5.91 Å². The summed E-state index contributed by atoms with van der Waals surface area (Å²) >= 11 is 0. The molecule has 0 aromatic heterocycles. The van der Waals surface area contributed by atoms with E-state index in [0.717, 1.165) is 0 Å². The maximum atomic E-state index is 12.0. The summed E-state index contributed by atoms with van der Waals surface area (Å²) < 4.78 is 0. The zero-order valence-corrected chi connectivity index (χ0v) is 11.6. The van der Waals surface area contributed by atoms with Gasteiger partial charge in [0.15, 0.2) is 0 Å². The van der Waals surface area contributed by atoms with Crippen molar-refractivity contribution in [3.8, 4) is 0 Å². The molecule has 0 aliphatic rings. The van der Waals surface area contributed by atoms with E-state index < -0.39 is 0 Å². The van der Waals surface area contributed by atoms with Gasteiger partial charge in [-0.25, -0.2) is 0 Å². The molecule has 0 fully saturated rings. The predicted molar refractivity (Wildman–Crippen MR) is 76.2 cm³/mol. The first-order valence-corrected chi connectivity index (χ1v) is 6.39. The van der Waals surface area contributed by atoms with Gasteiger partial charge in [0.1, 0.15) is 0 Å². The second-order valence-corrected chi connectivity index (χ2v) is 4.58. The molecule has 0 aliphatic carbocycles. The smallest absolute Gasteiger partial charge is 0.253 e. The lowest BCUT2D eigenvalue weighted by Crippen LogP contribution is -2.31. The Bertz CT molecular complexity index is 444. The molecule has 5 nitrogen and oxygen atoms in total. The summed E-state index contributed by atoms with van der Waals surface area (Å²) in [4.78, 5) is 23.7. The van der Waals surface area contributed by atoms with Gasteiger partial charge in [-0.3, -0.25) is 9.59 Å². The molecule has 1 aromatic rings. The van der Waals surface area contributed by atoms with Crippen LogP contribution in [0.5, 0.6) is 0 Å². The first-order valence-electron chi connectivity index (χ1n) is 6.39. The fourth-order valence-corrected chi connectivity index (χ4v) is 1.58. The molecule has 0 atom stereocenters. The molecule has 0 saturated carbocycles. The lowest BCUT2D eigenvalue weighted by molar-refractivity contribution is -0.116. The van der Waals surface area contributed by atoms with Gasteiger partial charge in [0, 0.05) is 19.0 Å². The minimum atomic E-state index is -0.181. The topological polar surface area (TPSA) is 70.2 Å². The molecule has 0 saturated heterocycles. The second-order valence-electron chi connectivity index (χ2n) is 4.58. The summed E-state index contributed by atoms with van der Waals surface area (Å²) in [6, 6.07) is 7.05. The average molecular weight is 263 g/mol. The second kappa shape index (κ2) is 7.53. The van der Waals surface area contributed by atoms with Crippen LogP contribution < -0.4 is 16.0 Å². The van der Waals surface area contributed by atoms with Crippen molar-refractivity contribution in [1.29, 1.82) is 0 Å². The van der Waals surface area contributed by atoms with E-state index in [-0.39, 0.29) is 17.9 Å². The zero-order valence-electron chi connectivity index (χ0n) is 11.6. The van der Waals surface area contributed by atoms with Gasteiger partial charge in [-0.15, -0.1) is 0 Å². The number of para-hydroxylation sites is 1. The Balaban J connectivity index is 2.78. The highest BCUT2D eigenvalue weighted by atomic mass is 16.2. The Kier molecular flexibility index (Phi) is 6.02. The normalized spacial score (nSPS) is 10.3. The monoisotopic (exact) mass is 263 g/mol. The SMILES string of the molecule is CNCCC(=O)Nc1ccccc1C(=O)NC(C)C. The summed E-state index contributed by atoms with van der Waals surface area (Å²) in [5.74, 6) is -0.293. The van der Waals surface area contributed by atoms with Gasteiger partial charge in [-0.05, 0) is 33.0 Å². The van der Waals surface area contributed by atoms with E-state index in [4.69, 9.17) is 0 Å². The molecule has 5 heteroatoms. The summed E-state index contributed by atoms with van der Waals surface area (Å²) in [7, 11) is 1.79. The number of hydrogen-bond acceptors (Lipinski definition) is 3. The van der Waals surface area contributed by atoms with Crippen LogP contribution >= 0.6 is 0 Å². The van der Waals surface area contributed by atoms with Crippen LogP contribution in [0, 0.1) is 0 Å². The molecule has 1 rings (SSSR count). The van der Waals surface area contributed by atoms with E-state index in [1.54, 1.807) is 31.3 Å². The molecule has 1 aromatic carbocycles. The van der Waals surface area contributed by atoms with Gasteiger partial charge in [0.2, 0.25) is 5.91 Å². The summed E-state index contributed by atoms with van der Waals surface area (Å²) in [6.07, 6.45) is 0.372. The summed E-state index contributed by atoms with van der Waals surface area (Å²) in [6.45, 7) is 4.39. The number of anilines is 1. The molecule has 104 valence electrons. The van der Waals surface area contributed by atoms with Crippen molar-refractivity contribution in [3.63, 3.8) is 0 Å². The first kappa shape index (κ1) is 15.2. The van der Waals surface area contributed by atoms with Crippen molar-refractivity contribution in [2.75, 3.05) is 18.9 Å². The van der Waals surface area contributed by atoms with E-state index >= 15 is 0 Å². The third kappa shape index (κ3) is 5.09. The minimum Gasteiger partial charge on any atom is -0.350 e. The average Bonchev–Trinajstić information content (AvgIpc) is 2.36. The third-order valence-corrected chi connectivity index (χ3v) is 2.47. The highest BCUT2D eigenvalue weighted by Crippen LogP contribution is 2.15. The van der Waals surface area contributed by atoms with Gasteiger partial charge in [-0.1, -0.05) is 12.1 Å². The van der Waals surface area contributed by atoms with Crippen LogP contribution in [0.4, 0.5) is 5.69 Å². The van der Waals surface area contributed by atoms with Crippen LogP contribution in [0.3, 0.4) is 0 Å². The van der Waals surface area contributed by atoms with E-state index in [1.165, 1.54) is 0 Å². The van der Waals surface area contributed by atoms with Crippen molar-refractivity contribution < 1.29 is 9.59 Å². The van der Waals surface area contributed by atoms with E-state index in [2.05, 4.69) is 16.0 Å². The molecule has 0 heterocycles. The molecule has 0 aliphatic heterocycles. The van der Waals surface area contributed by atoms with E-state index in [1.807, 2.05) is 13.8 Å². The van der Waals surface area contributed by atoms with Crippen molar-refractivity contribution in [2.24, 2.45) is 0 Å². The fraction of sp³-hybridized carbons (Fsp3) is 0.429. The molecule has 0 spiro atoms. The molecule has 0 radical (unpaired) electrons. The highest BCUT2D eigenvalue weighted by molar-refractivity contribution is 6.03. The number of carbonyl (C=O) groups excluding carboxylic acids is 2. The largest absolute Gasteiger partial charge is 0.350 e. The third-order valence-electron chi connectivity index (χ3n) is 2.47. The van der Waals surface area contributed by atoms with Crippen LogP contribution in [0.1, 0.15) is 30.6 Å². The Hall–Kier alpha value is -1.88. The fourth-order valence-electron chi connectivity index (χ4n) is 1.58. The maximum absolute atomic E-state index is 12.0. The van der Waals surface area contributed by atoms with Gasteiger partial charge in [0.05, 0.1) is 11.3 Å². The number of hydrogen-bond donors (Lipinski definition) is 3. The maximum Gasteiger partial charge on any atom is 0.253 e. The van der Waals surface area contributed by atoms with Gasteiger partial charge >= 0.3 is 0 Å². The van der Waals surface area contributed by atoms with E-state index in [0.29, 0.717) is 24.2 Å². The van der Waals surface area contributed by atoms with Crippen molar-refractivity contribution in [1.82, 2.24) is 10.6 Å². The lowest BCUT2D eigenvalue weighted by Gasteiger charge is -2.13.